The van der Waals surface area contributed by atoms with Gasteiger partial charge in [-0.1, -0.05) is 121 Å². The smallest absolute Gasteiger partial charge is 0.238 e. The largest absolute Gasteiger partial charge is 0.456 e. The van der Waals surface area contributed by atoms with E-state index in [4.69, 9.17) is 30.3 Å². The lowest BCUT2D eigenvalue weighted by molar-refractivity contribution is 0.669. The van der Waals surface area contributed by atoms with Crippen LogP contribution in [0.2, 0.25) is 0 Å². The maximum atomic E-state index is 9.36. The molecule has 0 fully saturated rings. The third-order valence-corrected chi connectivity index (χ3v) is 8.85. The number of hydrogen-bond donors (Lipinski definition) is 0. The number of furan rings is 2. The Morgan fingerprint density at radius 2 is 1.25 bits per heavy atom. The second-order valence-corrected chi connectivity index (χ2v) is 11.7. The molecule has 4 heterocycles. The monoisotopic (exact) mass is 669 g/mol. The van der Waals surface area contributed by atoms with E-state index in [1.165, 1.54) is 0 Å². The van der Waals surface area contributed by atoms with Crippen LogP contribution in [0.4, 0.5) is 0 Å². The Morgan fingerprint density at radius 1 is 0.490 bits per heavy atom. The topological polar surface area (TPSA) is 69.9 Å². The van der Waals surface area contributed by atoms with Gasteiger partial charge in [-0.3, -0.25) is 4.57 Å². The molecular formula is C45H26N4O2. The summed E-state index contributed by atoms with van der Waals surface area (Å²) in [7, 11) is 0. The number of rotatable bonds is 4. The van der Waals surface area contributed by atoms with Crippen molar-refractivity contribution in [2.75, 3.05) is 0 Å². The van der Waals surface area contributed by atoms with Gasteiger partial charge in [0.1, 0.15) is 22.3 Å². The molecule has 0 aliphatic heterocycles. The molecule has 0 unspecified atom stereocenters. The van der Waals surface area contributed by atoms with Crippen LogP contribution in [0.5, 0.6) is 0 Å². The Hall–Kier alpha value is -7.05. The van der Waals surface area contributed by atoms with Gasteiger partial charge < -0.3 is 8.83 Å². The number of aromatic nitrogens is 4. The molecule has 0 N–H and O–H groups in total. The Morgan fingerprint density at radius 3 is 2.14 bits per heavy atom. The number of fused-ring (bicyclic) bond motifs is 10. The van der Waals surface area contributed by atoms with Gasteiger partial charge in [-0.25, -0.2) is 4.98 Å². The van der Waals surface area contributed by atoms with E-state index in [1.807, 2.05) is 48.5 Å². The third-order valence-electron chi connectivity index (χ3n) is 8.85. The summed E-state index contributed by atoms with van der Waals surface area (Å²) in [6.45, 7) is 0. The molecule has 4 aromatic heterocycles. The number of nitrogens with zero attached hydrogens (tertiary/aromatic N) is 4. The van der Waals surface area contributed by atoms with Gasteiger partial charge in [-0.05, 0) is 47.5 Å². The highest BCUT2D eigenvalue weighted by molar-refractivity contribution is 6.21. The first-order valence-corrected chi connectivity index (χ1v) is 15.7. The molecule has 11 rings (SSSR count). The fourth-order valence-electron chi connectivity index (χ4n) is 6.66. The second kappa shape index (κ2) is 10.7. The van der Waals surface area contributed by atoms with Gasteiger partial charge in [0, 0.05) is 43.4 Å². The summed E-state index contributed by atoms with van der Waals surface area (Å²) in [5.41, 5.74) is 1.53. The van der Waals surface area contributed by atoms with Crippen LogP contribution < -0.4 is 0 Å². The van der Waals surface area contributed by atoms with Gasteiger partial charge in [-0.15, -0.1) is 0 Å². The quantitative estimate of drug-likeness (QED) is 0.186. The van der Waals surface area contributed by atoms with E-state index in [9.17, 15) is 4.11 Å². The first-order valence-electron chi connectivity index (χ1n) is 23.2. The summed E-state index contributed by atoms with van der Waals surface area (Å²) >= 11 is 0. The van der Waals surface area contributed by atoms with Gasteiger partial charge in [0.05, 0.1) is 26.1 Å². The van der Waals surface area contributed by atoms with Crippen molar-refractivity contribution in [2.45, 2.75) is 0 Å². The van der Waals surface area contributed by atoms with E-state index in [-0.39, 0.29) is 55.1 Å². The summed E-state index contributed by atoms with van der Waals surface area (Å²) in [4.78, 5) is 14.2. The van der Waals surface area contributed by atoms with E-state index < -0.39 is 108 Å². The number of benzene rings is 7. The third kappa shape index (κ3) is 4.20. The van der Waals surface area contributed by atoms with E-state index in [2.05, 4.69) is 9.97 Å². The van der Waals surface area contributed by atoms with Crippen LogP contribution in [0.1, 0.15) is 20.6 Å². The molecule has 11 aromatic rings. The zero-order valence-corrected chi connectivity index (χ0v) is 26.0. The molecule has 0 bridgehead atoms. The molecule has 0 atom stereocenters. The predicted molar refractivity (Wildman–Crippen MR) is 205 cm³/mol. The highest BCUT2D eigenvalue weighted by atomic mass is 16.3. The maximum absolute atomic E-state index is 9.36. The highest BCUT2D eigenvalue weighted by Crippen LogP contribution is 2.41. The minimum absolute atomic E-state index is 0.146. The van der Waals surface area contributed by atoms with Crippen LogP contribution in [0.15, 0.2) is 166 Å². The molecule has 6 heteroatoms. The molecule has 238 valence electrons. The molecule has 0 saturated carbocycles. The van der Waals surface area contributed by atoms with Crippen LogP contribution in [-0.2, 0) is 0 Å². The molecule has 7 aromatic carbocycles. The zero-order valence-electron chi connectivity index (χ0n) is 41.0. The van der Waals surface area contributed by atoms with Crippen molar-refractivity contribution in [3.63, 3.8) is 0 Å². The molecule has 0 aliphatic rings. The van der Waals surface area contributed by atoms with Crippen molar-refractivity contribution in [3.8, 4) is 39.9 Å². The molecule has 0 amide bonds. The fraction of sp³-hybridized carbons (Fsp3) is 0. The molecule has 0 radical (unpaired) electrons. The summed E-state index contributed by atoms with van der Waals surface area (Å²) in [5, 5.41) is 0.645. The fourth-order valence-corrected chi connectivity index (χ4v) is 6.66. The average Bonchev–Trinajstić information content (AvgIpc) is 4.03. The van der Waals surface area contributed by atoms with Crippen molar-refractivity contribution >= 4 is 65.7 Å². The van der Waals surface area contributed by atoms with Crippen LogP contribution in [-0.4, -0.2) is 19.5 Å². The lowest BCUT2D eigenvalue weighted by Gasteiger charge is -2.11. The standard InChI is InChI=1S/C45H26N4O2/c1-3-12-27(13-4-1)30-18-11-21-38-40(30)35-23-22-29(26-39(35)50-38)44-46-43(28-14-5-2-6-15-28)47-45(48-44)49-36-19-9-7-16-31(36)33-24-25-34-32-17-8-10-20-37(32)51-42(34)41(33)49/h1-26H/i2D,5D,6D,7D,8D,9D,10D,14D,15D,16D,17D,19D,20D,24D,25D. The van der Waals surface area contributed by atoms with Crippen LogP contribution in [0.3, 0.4) is 0 Å². The predicted octanol–water partition coefficient (Wildman–Crippen LogP) is 11.8. The lowest BCUT2D eigenvalue weighted by atomic mass is 9.99. The van der Waals surface area contributed by atoms with E-state index in [1.54, 1.807) is 18.2 Å². The summed E-state index contributed by atoms with van der Waals surface area (Å²) in [6.07, 6.45) is 0. The van der Waals surface area contributed by atoms with Gasteiger partial charge in [0.15, 0.2) is 17.2 Å². The van der Waals surface area contributed by atoms with Crippen molar-refractivity contribution in [1.82, 2.24) is 19.5 Å². The first kappa shape index (κ1) is 17.1. The number of hydrogen-bond acceptors (Lipinski definition) is 5. The van der Waals surface area contributed by atoms with Gasteiger partial charge >= 0.3 is 0 Å². The van der Waals surface area contributed by atoms with Crippen LogP contribution in [0.25, 0.3) is 106 Å². The zero-order chi connectivity index (χ0) is 46.5. The van der Waals surface area contributed by atoms with E-state index >= 15 is 0 Å². The Kier molecular flexibility index (Phi) is 3.59. The molecule has 6 nitrogen and oxygen atoms in total. The molecule has 0 saturated heterocycles. The normalized spacial score (nSPS) is 16.0. The molecule has 0 aliphatic carbocycles. The summed E-state index contributed by atoms with van der Waals surface area (Å²) in [5.74, 6) is -1.03. The Bertz CT molecular complexity index is 3990. The van der Waals surface area contributed by atoms with Gasteiger partial charge in [0.2, 0.25) is 5.95 Å². The van der Waals surface area contributed by atoms with Crippen molar-refractivity contribution < 1.29 is 29.4 Å². The summed E-state index contributed by atoms with van der Waals surface area (Å²) in [6, 6.07) is 11.0. The van der Waals surface area contributed by atoms with Gasteiger partial charge in [0.25, 0.3) is 0 Å². The summed E-state index contributed by atoms with van der Waals surface area (Å²) < 4.78 is 145. The van der Waals surface area contributed by atoms with Crippen molar-refractivity contribution in [2.24, 2.45) is 0 Å². The first-order chi connectivity index (χ1) is 31.5. The lowest BCUT2D eigenvalue weighted by Crippen LogP contribution is -2.06. The van der Waals surface area contributed by atoms with Crippen LogP contribution >= 0.6 is 0 Å². The molecule has 0 spiro atoms. The minimum Gasteiger partial charge on any atom is -0.456 e. The maximum Gasteiger partial charge on any atom is 0.238 e. The second-order valence-electron chi connectivity index (χ2n) is 11.7. The Balaban J connectivity index is 1.31. The van der Waals surface area contributed by atoms with Crippen LogP contribution in [0, 0.1) is 0 Å². The van der Waals surface area contributed by atoms with Crippen molar-refractivity contribution in [3.05, 3.63) is 157 Å². The average molecular weight is 670 g/mol. The van der Waals surface area contributed by atoms with Gasteiger partial charge in [-0.2, -0.15) is 9.97 Å². The number of para-hydroxylation sites is 2. The molecule has 51 heavy (non-hydrogen) atoms. The molecular weight excluding hydrogens is 629 g/mol. The van der Waals surface area contributed by atoms with Crippen molar-refractivity contribution in [1.29, 1.82) is 0 Å². The van der Waals surface area contributed by atoms with E-state index in [0.717, 1.165) is 26.5 Å². The SMILES string of the molecule is [2H]c1c([2H])c([2H])c(-c2nc(-c3ccc4c(c3)oc3cccc(-c5ccccc5)c34)nc(-n3c4c([2H])c([2H])c([2H])c([2H])c4c4c([2H])c([2H])c5c(oc6c([2H])c([2H])c([2H])c([2H])c65)c43)n2)c([2H])c1[2H]. The Labute approximate surface area is 311 Å². The highest BCUT2D eigenvalue weighted by Gasteiger charge is 2.22. The van der Waals surface area contributed by atoms with E-state index in [0.29, 0.717) is 11.2 Å². The minimum atomic E-state index is -0.694.